The predicted octanol–water partition coefficient (Wildman–Crippen LogP) is 3.81. The SMILES string of the molecule is CC1(C)C(COCC(O)COCC2C(C)(C)C(COCC3CO3)C2(C)C)C(C)(C)C1COCC1CO1. The Kier molecular flexibility index (Phi) is 8.54. The molecule has 7 heteroatoms. The number of epoxide rings is 2. The van der Waals surface area contributed by atoms with Crippen molar-refractivity contribution in [3.05, 3.63) is 0 Å². The topological polar surface area (TPSA) is 82.2 Å². The zero-order valence-electron chi connectivity index (χ0n) is 24.0. The summed E-state index contributed by atoms with van der Waals surface area (Å²) in [6, 6.07) is 0. The Balaban J connectivity index is 1.12. The summed E-state index contributed by atoms with van der Waals surface area (Å²) in [4.78, 5) is 0. The van der Waals surface area contributed by atoms with Crippen molar-refractivity contribution in [2.75, 3.05) is 66.1 Å². The van der Waals surface area contributed by atoms with Crippen molar-refractivity contribution in [2.24, 2.45) is 45.3 Å². The number of hydrogen-bond acceptors (Lipinski definition) is 7. The molecule has 0 aromatic carbocycles. The lowest BCUT2D eigenvalue weighted by molar-refractivity contribution is -0.215. The summed E-state index contributed by atoms with van der Waals surface area (Å²) in [5.41, 5.74) is 0.566. The third kappa shape index (κ3) is 5.98. The van der Waals surface area contributed by atoms with Crippen LogP contribution in [0.15, 0.2) is 0 Å². The van der Waals surface area contributed by atoms with Gasteiger partial charge in [0.2, 0.25) is 0 Å². The fourth-order valence-corrected chi connectivity index (χ4v) is 7.99. The largest absolute Gasteiger partial charge is 0.388 e. The summed E-state index contributed by atoms with van der Waals surface area (Å²) in [5.74, 6) is 1.81. The summed E-state index contributed by atoms with van der Waals surface area (Å²) < 4.78 is 34.4. The van der Waals surface area contributed by atoms with E-state index in [1.165, 1.54) is 0 Å². The molecule has 2 saturated heterocycles. The van der Waals surface area contributed by atoms with E-state index in [4.69, 9.17) is 28.4 Å². The molecule has 0 spiro atoms. The molecular weight excluding hydrogens is 460 g/mol. The Morgan fingerprint density at radius 2 is 0.833 bits per heavy atom. The van der Waals surface area contributed by atoms with Gasteiger partial charge >= 0.3 is 0 Å². The average Bonchev–Trinajstić information content (AvgIpc) is 3.69. The molecule has 0 amide bonds. The minimum atomic E-state index is -0.613. The Labute approximate surface area is 218 Å². The van der Waals surface area contributed by atoms with Crippen LogP contribution in [0.25, 0.3) is 0 Å². The van der Waals surface area contributed by atoms with E-state index in [2.05, 4.69) is 55.4 Å². The zero-order valence-corrected chi connectivity index (χ0v) is 24.0. The van der Waals surface area contributed by atoms with Gasteiger partial charge in [-0.25, -0.2) is 0 Å². The van der Waals surface area contributed by atoms with Crippen molar-refractivity contribution < 1.29 is 33.5 Å². The second-order valence-electron chi connectivity index (χ2n) is 14.2. The highest BCUT2D eigenvalue weighted by molar-refractivity contribution is 5.09. The minimum absolute atomic E-state index is 0.142. The number of aliphatic hydroxyl groups excluding tert-OH is 1. The van der Waals surface area contributed by atoms with Crippen LogP contribution in [0.3, 0.4) is 0 Å². The highest BCUT2D eigenvalue weighted by atomic mass is 16.6. The molecule has 0 radical (unpaired) electrons. The highest BCUT2D eigenvalue weighted by Crippen LogP contribution is 2.64. The van der Waals surface area contributed by atoms with Gasteiger partial charge in [0, 0.05) is 0 Å². The van der Waals surface area contributed by atoms with Crippen LogP contribution in [0.4, 0.5) is 0 Å². The van der Waals surface area contributed by atoms with Gasteiger partial charge in [-0.15, -0.1) is 0 Å². The summed E-state index contributed by atoms with van der Waals surface area (Å²) in [7, 11) is 0. The Bertz CT molecular complexity index is 633. The van der Waals surface area contributed by atoms with Crippen LogP contribution in [-0.2, 0) is 28.4 Å². The first-order chi connectivity index (χ1) is 16.8. The third-order valence-electron chi connectivity index (χ3n) is 10.4. The maximum Gasteiger partial charge on any atom is 0.104 e. The molecule has 2 saturated carbocycles. The molecule has 4 rings (SSSR count). The molecule has 0 aromatic rings. The van der Waals surface area contributed by atoms with E-state index in [0.29, 0.717) is 75.5 Å². The Morgan fingerprint density at radius 1 is 0.556 bits per heavy atom. The van der Waals surface area contributed by atoms with Crippen LogP contribution in [0.1, 0.15) is 55.4 Å². The maximum absolute atomic E-state index is 10.5. The van der Waals surface area contributed by atoms with Crippen LogP contribution in [0.5, 0.6) is 0 Å². The van der Waals surface area contributed by atoms with Gasteiger partial charge < -0.3 is 33.5 Å². The molecule has 2 atom stereocenters. The molecule has 1 N–H and O–H groups in total. The van der Waals surface area contributed by atoms with Crippen molar-refractivity contribution in [1.29, 1.82) is 0 Å². The minimum Gasteiger partial charge on any atom is -0.388 e. The van der Waals surface area contributed by atoms with Gasteiger partial charge in [-0.1, -0.05) is 55.4 Å². The van der Waals surface area contributed by atoms with Crippen LogP contribution in [-0.4, -0.2) is 89.5 Å². The van der Waals surface area contributed by atoms with Gasteiger partial charge in [0.1, 0.15) is 18.3 Å². The molecule has 7 nitrogen and oxygen atoms in total. The zero-order chi connectivity index (χ0) is 26.4. The standard InChI is InChI=1S/C29H52O7/c1-26(2)22(27(3,4)24(26)17-33-11-20-13-35-20)15-31-9-19(30)10-32-16-23-28(5,6)25(29(23,7)8)18-34-12-21-14-36-21/h19-25,30H,9-18H2,1-8H3. The van der Waals surface area contributed by atoms with Gasteiger partial charge in [0.15, 0.2) is 0 Å². The first-order valence-corrected chi connectivity index (χ1v) is 14.0. The van der Waals surface area contributed by atoms with Gasteiger partial charge in [-0.2, -0.15) is 0 Å². The van der Waals surface area contributed by atoms with Crippen LogP contribution in [0.2, 0.25) is 0 Å². The van der Waals surface area contributed by atoms with E-state index >= 15 is 0 Å². The second-order valence-corrected chi connectivity index (χ2v) is 14.2. The van der Waals surface area contributed by atoms with E-state index < -0.39 is 6.10 Å². The van der Waals surface area contributed by atoms with Gasteiger partial charge in [0.05, 0.1) is 66.1 Å². The predicted molar refractivity (Wildman–Crippen MR) is 138 cm³/mol. The summed E-state index contributed by atoms with van der Waals surface area (Å²) in [5, 5.41) is 10.5. The molecule has 4 aliphatic rings. The summed E-state index contributed by atoms with van der Waals surface area (Å²) in [6.07, 6.45) is 0.00458. The van der Waals surface area contributed by atoms with E-state index in [1.807, 2.05) is 0 Å². The van der Waals surface area contributed by atoms with Crippen LogP contribution >= 0.6 is 0 Å². The van der Waals surface area contributed by atoms with Crippen LogP contribution < -0.4 is 0 Å². The van der Waals surface area contributed by atoms with Gasteiger partial charge in [-0.3, -0.25) is 0 Å². The van der Waals surface area contributed by atoms with Crippen molar-refractivity contribution in [3.8, 4) is 0 Å². The normalized spacial score (nSPS) is 37.6. The third-order valence-corrected chi connectivity index (χ3v) is 10.4. The van der Waals surface area contributed by atoms with Gasteiger partial charge in [-0.05, 0) is 45.3 Å². The molecule has 0 aromatic heterocycles. The summed E-state index contributed by atoms with van der Waals surface area (Å²) >= 11 is 0. The maximum atomic E-state index is 10.5. The van der Waals surface area contributed by atoms with Crippen molar-refractivity contribution in [1.82, 2.24) is 0 Å². The first kappa shape index (κ1) is 28.7. The average molecular weight is 513 g/mol. The lowest BCUT2D eigenvalue weighted by Gasteiger charge is -2.64. The fraction of sp³-hybridized carbons (Fsp3) is 1.00. The van der Waals surface area contributed by atoms with Crippen molar-refractivity contribution >= 4 is 0 Å². The summed E-state index contributed by atoms with van der Waals surface area (Å²) in [6.45, 7) is 25.0. The molecule has 210 valence electrons. The molecule has 2 unspecified atom stereocenters. The molecule has 2 aliphatic heterocycles. The lowest BCUT2D eigenvalue weighted by atomic mass is 9.41. The molecule has 36 heavy (non-hydrogen) atoms. The lowest BCUT2D eigenvalue weighted by Crippen LogP contribution is -2.62. The second kappa shape index (κ2) is 10.7. The quantitative estimate of drug-likeness (QED) is 0.315. The molecule has 2 heterocycles. The molecular formula is C29H52O7. The number of ether oxygens (including phenoxy) is 6. The molecule has 2 aliphatic carbocycles. The molecule has 0 bridgehead atoms. The fourth-order valence-electron chi connectivity index (χ4n) is 7.99. The van der Waals surface area contributed by atoms with E-state index in [-0.39, 0.29) is 21.7 Å². The van der Waals surface area contributed by atoms with E-state index in [9.17, 15) is 5.11 Å². The first-order valence-electron chi connectivity index (χ1n) is 14.0. The number of rotatable bonds is 16. The number of hydrogen-bond donors (Lipinski definition) is 1. The Hall–Kier alpha value is -0.280. The van der Waals surface area contributed by atoms with Crippen LogP contribution in [0, 0.1) is 45.3 Å². The monoisotopic (exact) mass is 512 g/mol. The number of aliphatic hydroxyl groups is 1. The van der Waals surface area contributed by atoms with E-state index in [1.54, 1.807) is 0 Å². The van der Waals surface area contributed by atoms with Crippen molar-refractivity contribution in [2.45, 2.75) is 73.7 Å². The van der Waals surface area contributed by atoms with Crippen molar-refractivity contribution in [3.63, 3.8) is 0 Å². The molecule has 4 fully saturated rings. The smallest absolute Gasteiger partial charge is 0.104 e. The highest BCUT2D eigenvalue weighted by Gasteiger charge is 2.62. The van der Waals surface area contributed by atoms with Gasteiger partial charge in [0.25, 0.3) is 0 Å². The van der Waals surface area contributed by atoms with E-state index in [0.717, 1.165) is 26.4 Å². The Morgan fingerprint density at radius 3 is 1.11 bits per heavy atom.